The van der Waals surface area contributed by atoms with E-state index in [9.17, 15) is 24.5 Å². The third-order valence-corrected chi connectivity index (χ3v) is 5.99. The first-order valence-electron chi connectivity index (χ1n) is 8.73. The Morgan fingerprint density at radius 1 is 0.926 bits per heavy atom. The molecule has 2 fully saturated rings. The number of amides is 2. The van der Waals surface area contributed by atoms with Gasteiger partial charge in [-0.15, -0.1) is 0 Å². The number of hydrogen-bond acceptors (Lipinski definition) is 5. The molecular weight excluding hydrogens is 348 g/mol. The number of fused-ring (bicyclic) bond motifs is 1. The number of ketones is 1. The minimum Gasteiger partial charge on any atom is -0.299 e. The van der Waals surface area contributed by atoms with Gasteiger partial charge < -0.3 is 0 Å². The maximum Gasteiger partial charge on any atom is 0.271 e. The molecule has 0 aromatic heterocycles. The summed E-state index contributed by atoms with van der Waals surface area (Å²) >= 11 is 0. The van der Waals surface area contributed by atoms with Gasteiger partial charge in [0.25, 0.3) is 5.69 Å². The van der Waals surface area contributed by atoms with Crippen molar-refractivity contribution in [3.8, 4) is 0 Å². The second-order valence-electron chi connectivity index (χ2n) is 7.22. The molecule has 0 N–H and O–H groups in total. The van der Waals surface area contributed by atoms with Crippen LogP contribution in [-0.4, -0.2) is 22.5 Å². The molecule has 2 aromatic rings. The Balaban J connectivity index is 1.63. The van der Waals surface area contributed by atoms with Crippen LogP contribution in [0.3, 0.4) is 0 Å². The number of carbonyl (C=O) groups excluding carboxylic acids is 3. The second-order valence-corrected chi connectivity index (χ2v) is 7.22. The zero-order valence-corrected chi connectivity index (χ0v) is 14.1. The molecular formula is C20H14N2O5. The van der Waals surface area contributed by atoms with E-state index in [2.05, 4.69) is 0 Å². The third-order valence-electron chi connectivity index (χ3n) is 5.99. The number of hydrogen-bond donors (Lipinski definition) is 0. The van der Waals surface area contributed by atoms with Crippen LogP contribution >= 0.6 is 0 Å². The van der Waals surface area contributed by atoms with Gasteiger partial charge in [-0.1, -0.05) is 30.3 Å². The van der Waals surface area contributed by atoms with Crippen molar-refractivity contribution in [2.75, 3.05) is 4.90 Å². The van der Waals surface area contributed by atoms with E-state index in [4.69, 9.17) is 0 Å². The minimum absolute atomic E-state index is 0.0120. The van der Waals surface area contributed by atoms with E-state index >= 15 is 0 Å². The predicted octanol–water partition coefficient (Wildman–Crippen LogP) is 2.55. The van der Waals surface area contributed by atoms with E-state index in [1.54, 1.807) is 0 Å². The SMILES string of the molecule is O=C1C[C@H]2c3ccccc3[C@H]1[C@@H]1C(=O)N(c3cccc([N+](=O)[O-])c3)C(=O)[C@@H]12. The van der Waals surface area contributed by atoms with Gasteiger partial charge in [-0.25, -0.2) is 4.90 Å². The normalized spacial score (nSPS) is 28.3. The molecule has 2 aromatic carbocycles. The van der Waals surface area contributed by atoms with E-state index in [1.165, 1.54) is 24.3 Å². The molecule has 7 heteroatoms. The molecule has 1 saturated heterocycles. The van der Waals surface area contributed by atoms with Crippen LogP contribution in [0.15, 0.2) is 48.5 Å². The molecule has 134 valence electrons. The van der Waals surface area contributed by atoms with Crippen LogP contribution in [0.4, 0.5) is 11.4 Å². The summed E-state index contributed by atoms with van der Waals surface area (Å²) in [6, 6.07) is 13.0. The van der Waals surface area contributed by atoms with E-state index in [-0.39, 0.29) is 35.4 Å². The average molecular weight is 362 g/mol. The van der Waals surface area contributed by atoms with Crippen molar-refractivity contribution in [2.24, 2.45) is 11.8 Å². The summed E-state index contributed by atoms with van der Waals surface area (Å²) in [5, 5.41) is 11.1. The molecule has 1 saturated carbocycles. The number of nitro groups is 1. The summed E-state index contributed by atoms with van der Waals surface area (Å²) in [4.78, 5) is 50.5. The molecule has 2 bridgehead atoms. The van der Waals surface area contributed by atoms with Crippen molar-refractivity contribution < 1.29 is 19.3 Å². The van der Waals surface area contributed by atoms with Crippen LogP contribution in [0.2, 0.25) is 0 Å². The van der Waals surface area contributed by atoms with Crippen molar-refractivity contribution in [2.45, 2.75) is 18.3 Å². The number of nitro benzene ring substituents is 1. The number of carbonyl (C=O) groups is 3. The Labute approximate surface area is 153 Å². The van der Waals surface area contributed by atoms with Gasteiger partial charge in [0.05, 0.1) is 28.4 Å². The fraction of sp³-hybridized carbons (Fsp3) is 0.250. The highest BCUT2D eigenvalue weighted by Crippen LogP contribution is 2.57. The number of benzene rings is 2. The van der Waals surface area contributed by atoms with Crippen molar-refractivity contribution >= 4 is 29.0 Å². The molecule has 0 radical (unpaired) electrons. The Hall–Kier alpha value is -3.35. The lowest BCUT2D eigenvalue weighted by atomic mass is 9.56. The van der Waals surface area contributed by atoms with Crippen molar-refractivity contribution in [1.29, 1.82) is 0 Å². The maximum absolute atomic E-state index is 13.2. The number of nitrogens with zero attached hydrogens (tertiary/aromatic N) is 2. The van der Waals surface area contributed by atoms with Gasteiger partial charge in [-0.05, 0) is 17.2 Å². The van der Waals surface area contributed by atoms with E-state index < -0.39 is 28.6 Å². The number of non-ortho nitro benzene ring substituents is 1. The van der Waals surface area contributed by atoms with Crippen molar-refractivity contribution in [3.05, 3.63) is 69.8 Å². The molecule has 0 spiro atoms. The van der Waals surface area contributed by atoms with Gasteiger partial charge in [0.2, 0.25) is 11.8 Å². The lowest BCUT2D eigenvalue weighted by Gasteiger charge is -2.43. The second kappa shape index (κ2) is 5.33. The summed E-state index contributed by atoms with van der Waals surface area (Å²) in [5.41, 5.74) is 1.79. The predicted molar refractivity (Wildman–Crippen MR) is 94.1 cm³/mol. The number of imide groups is 1. The molecule has 0 unspecified atom stereocenters. The largest absolute Gasteiger partial charge is 0.299 e. The van der Waals surface area contributed by atoms with Gasteiger partial charge in [-0.3, -0.25) is 24.5 Å². The topological polar surface area (TPSA) is 97.6 Å². The van der Waals surface area contributed by atoms with Crippen LogP contribution in [-0.2, 0) is 14.4 Å². The van der Waals surface area contributed by atoms with Crippen LogP contribution < -0.4 is 4.90 Å². The smallest absolute Gasteiger partial charge is 0.271 e. The third kappa shape index (κ3) is 1.99. The van der Waals surface area contributed by atoms with E-state index in [0.29, 0.717) is 0 Å². The molecule has 6 rings (SSSR count). The van der Waals surface area contributed by atoms with Gasteiger partial charge >= 0.3 is 0 Å². The lowest BCUT2D eigenvalue weighted by Crippen LogP contribution is -2.44. The first-order valence-corrected chi connectivity index (χ1v) is 8.73. The van der Waals surface area contributed by atoms with Crippen LogP contribution in [0, 0.1) is 22.0 Å². The average Bonchev–Trinajstić information content (AvgIpc) is 2.94. The summed E-state index contributed by atoms with van der Waals surface area (Å²) in [6.07, 6.45) is 0.255. The highest BCUT2D eigenvalue weighted by molar-refractivity contribution is 6.24. The Morgan fingerprint density at radius 2 is 1.63 bits per heavy atom. The quantitative estimate of drug-likeness (QED) is 0.465. The molecule has 1 aliphatic heterocycles. The first-order chi connectivity index (χ1) is 13.0. The first kappa shape index (κ1) is 15.9. The monoisotopic (exact) mass is 362 g/mol. The standard InChI is InChI=1S/C20H14N2O5/c23-15-9-14-12-6-1-2-7-13(12)16(15)18-17(14)19(24)21(20(18)25)10-4-3-5-11(8-10)22(26)27/h1-8,14,16-18H,9H2/t14-,16+,17+,18-/m0/s1. The summed E-state index contributed by atoms with van der Waals surface area (Å²) in [5.74, 6) is -3.07. The number of rotatable bonds is 2. The van der Waals surface area contributed by atoms with Crippen LogP contribution in [0.5, 0.6) is 0 Å². The Kier molecular flexibility index (Phi) is 3.13. The molecule has 27 heavy (non-hydrogen) atoms. The molecule has 7 nitrogen and oxygen atoms in total. The molecule has 4 aliphatic rings. The van der Waals surface area contributed by atoms with Gasteiger partial charge in [0.1, 0.15) is 5.78 Å². The Bertz CT molecular complexity index is 1050. The van der Waals surface area contributed by atoms with Crippen molar-refractivity contribution in [1.82, 2.24) is 0 Å². The zero-order valence-electron chi connectivity index (χ0n) is 14.1. The summed E-state index contributed by atoms with van der Waals surface area (Å²) in [6.45, 7) is 0. The number of anilines is 1. The van der Waals surface area contributed by atoms with Crippen LogP contribution in [0.25, 0.3) is 0 Å². The summed E-state index contributed by atoms with van der Waals surface area (Å²) in [7, 11) is 0. The fourth-order valence-corrected chi connectivity index (χ4v) is 4.96. The maximum atomic E-state index is 13.2. The highest BCUT2D eigenvalue weighted by atomic mass is 16.6. The van der Waals surface area contributed by atoms with E-state index in [0.717, 1.165) is 16.0 Å². The fourth-order valence-electron chi connectivity index (χ4n) is 4.96. The number of Topliss-reactive ketones (excluding diaryl/α,β-unsaturated/α-hetero) is 1. The molecule has 3 aliphatic carbocycles. The molecule has 2 amide bonds. The lowest BCUT2D eigenvalue weighted by molar-refractivity contribution is -0.384. The zero-order chi connectivity index (χ0) is 18.9. The van der Waals surface area contributed by atoms with Gasteiger partial charge in [0.15, 0.2) is 0 Å². The van der Waals surface area contributed by atoms with Gasteiger partial charge in [0, 0.05) is 24.5 Å². The highest BCUT2D eigenvalue weighted by Gasteiger charge is 2.62. The molecule has 4 atom stereocenters. The van der Waals surface area contributed by atoms with Gasteiger partial charge in [-0.2, -0.15) is 0 Å². The summed E-state index contributed by atoms with van der Waals surface area (Å²) < 4.78 is 0. The Morgan fingerprint density at radius 3 is 2.37 bits per heavy atom. The van der Waals surface area contributed by atoms with E-state index in [1.807, 2.05) is 24.3 Å². The van der Waals surface area contributed by atoms with Crippen molar-refractivity contribution in [3.63, 3.8) is 0 Å². The molecule has 1 heterocycles. The minimum atomic E-state index is -0.724. The van der Waals surface area contributed by atoms with Crippen LogP contribution in [0.1, 0.15) is 29.4 Å².